The Morgan fingerprint density at radius 3 is 2.48 bits per heavy atom. The van der Waals surface area contributed by atoms with Gasteiger partial charge in [-0.05, 0) is 56.7 Å². The third-order valence-corrected chi connectivity index (χ3v) is 3.77. The van der Waals surface area contributed by atoms with E-state index in [9.17, 15) is 4.79 Å². The van der Waals surface area contributed by atoms with E-state index in [1.54, 1.807) is 6.08 Å². The predicted molar refractivity (Wildman–Crippen MR) is 89.9 cm³/mol. The van der Waals surface area contributed by atoms with Crippen molar-refractivity contribution in [1.82, 2.24) is 0 Å². The molecule has 0 fully saturated rings. The standard InChI is InChI=1S/C17H19ClN2O/c1-4-20(5-2)13-6-8-16(12(3)10-13)19-17-9-7-14(21)11-15(17)18/h6-11H,4-5H2,1-3H3/b19-17-. The van der Waals surface area contributed by atoms with Crippen LogP contribution in [0.3, 0.4) is 0 Å². The van der Waals surface area contributed by atoms with Crippen LogP contribution in [0, 0.1) is 6.92 Å². The lowest BCUT2D eigenvalue weighted by Gasteiger charge is -2.21. The molecule has 0 N–H and O–H groups in total. The molecule has 0 aromatic heterocycles. The first-order valence-electron chi connectivity index (χ1n) is 7.09. The lowest BCUT2D eigenvalue weighted by molar-refractivity contribution is -0.110. The fourth-order valence-electron chi connectivity index (χ4n) is 2.26. The molecular weight excluding hydrogens is 284 g/mol. The molecule has 0 radical (unpaired) electrons. The van der Waals surface area contributed by atoms with Gasteiger partial charge in [-0.2, -0.15) is 0 Å². The van der Waals surface area contributed by atoms with Crippen LogP contribution in [0.5, 0.6) is 0 Å². The minimum atomic E-state index is -0.104. The molecule has 0 atom stereocenters. The van der Waals surface area contributed by atoms with Gasteiger partial charge in [0.05, 0.1) is 16.4 Å². The van der Waals surface area contributed by atoms with E-state index in [1.807, 2.05) is 13.0 Å². The van der Waals surface area contributed by atoms with E-state index in [1.165, 1.54) is 17.8 Å². The number of carbonyl (C=O) groups is 1. The Morgan fingerprint density at radius 2 is 1.90 bits per heavy atom. The number of rotatable bonds is 4. The number of hydrogen-bond donors (Lipinski definition) is 0. The molecule has 0 heterocycles. The maximum Gasteiger partial charge on any atom is 0.180 e. The topological polar surface area (TPSA) is 32.7 Å². The highest BCUT2D eigenvalue weighted by atomic mass is 35.5. The van der Waals surface area contributed by atoms with E-state index >= 15 is 0 Å². The third-order valence-electron chi connectivity index (χ3n) is 3.47. The van der Waals surface area contributed by atoms with Crippen LogP contribution in [0.4, 0.5) is 11.4 Å². The van der Waals surface area contributed by atoms with Crippen molar-refractivity contribution in [3.63, 3.8) is 0 Å². The van der Waals surface area contributed by atoms with Crippen molar-refractivity contribution in [3.8, 4) is 0 Å². The van der Waals surface area contributed by atoms with Crippen molar-refractivity contribution in [3.05, 3.63) is 47.0 Å². The van der Waals surface area contributed by atoms with E-state index in [-0.39, 0.29) is 5.78 Å². The average molecular weight is 303 g/mol. The molecule has 0 bridgehead atoms. The molecular formula is C17H19ClN2O. The number of benzene rings is 1. The predicted octanol–water partition coefficient (Wildman–Crippen LogP) is 4.18. The van der Waals surface area contributed by atoms with Crippen LogP contribution >= 0.6 is 11.6 Å². The fraction of sp³-hybridized carbons (Fsp3) is 0.294. The van der Waals surface area contributed by atoms with E-state index in [2.05, 4.69) is 35.9 Å². The minimum absolute atomic E-state index is 0.104. The Hall–Kier alpha value is -1.87. The highest BCUT2D eigenvalue weighted by Crippen LogP contribution is 2.26. The number of hydrogen-bond acceptors (Lipinski definition) is 3. The molecule has 21 heavy (non-hydrogen) atoms. The van der Waals surface area contributed by atoms with E-state index in [0.29, 0.717) is 10.7 Å². The maximum absolute atomic E-state index is 11.2. The van der Waals surface area contributed by atoms with Gasteiger partial charge < -0.3 is 4.90 Å². The molecule has 1 aromatic rings. The summed E-state index contributed by atoms with van der Waals surface area (Å²) in [6.07, 6.45) is 4.52. The summed E-state index contributed by atoms with van der Waals surface area (Å²) in [7, 11) is 0. The Morgan fingerprint density at radius 1 is 1.19 bits per heavy atom. The first-order valence-corrected chi connectivity index (χ1v) is 7.46. The van der Waals surface area contributed by atoms with Gasteiger partial charge >= 0.3 is 0 Å². The first-order chi connectivity index (χ1) is 10.0. The van der Waals surface area contributed by atoms with Crippen LogP contribution in [0.2, 0.25) is 0 Å². The van der Waals surface area contributed by atoms with Crippen LogP contribution in [0.1, 0.15) is 19.4 Å². The van der Waals surface area contributed by atoms with Gasteiger partial charge in [0.25, 0.3) is 0 Å². The number of nitrogens with zero attached hydrogens (tertiary/aromatic N) is 2. The highest BCUT2D eigenvalue weighted by Gasteiger charge is 2.10. The number of carbonyl (C=O) groups excluding carboxylic acids is 1. The van der Waals surface area contributed by atoms with Crippen molar-refractivity contribution in [2.45, 2.75) is 20.8 Å². The van der Waals surface area contributed by atoms with Crippen molar-refractivity contribution in [1.29, 1.82) is 0 Å². The van der Waals surface area contributed by atoms with E-state index < -0.39 is 0 Å². The van der Waals surface area contributed by atoms with Gasteiger partial charge in [-0.3, -0.25) is 4.79 Å². The summed E-state index contributed by atoms with van der Waals surface area (Å²) in [5.74, 6) is -0.104. The molecule has 0 unspecified atom stereocenters. The van der Waals surface area contributed by atoms with Gasteiger partial charge in [0, 0.05) is 24.9 Å². The van der Waals surface area contributed by atoms with Crippen LogP contribution in [0.15, 0.2) is 46.5 Å². The molecule has 0 saturated heterocycles. The van der Waals surface area contributed by atoms with Gasteiger partial charge in [0.1, 0.15) is 0 Å². The summed E-state index contributed by atoms with van der Waals surface area (Å²) in [5, 5.41) is 0.384. The SMILES string of the molecule is CCN(CC)c1ccc(/N=C2/C=CC(=O)C=C2Cl)c(C)c1. The van der Waals surface area contributed by atoms with Crippen molar-refractivity contribution in [2.75, 3.05) is 18.0 Å². The smallest absolute Gasteiger partial charge is 0.180 e. The normalized spacial score (nSPS) is 16.3. The fourth-order valence-corrected chi connectivity index (χ4v) is 2.47. The maximum atomic E-state index is 11.2. The van der Waals surface area contributed by atoms with Gasteiger partial charge in [0.15, 0.2) is 5.78 Å². The summed E-state index contributed by atoms with van der Waals surface area (Å²) in [6.45, 7) is 8.26. The zero-order valence-corrected chi connectivity index (χ0v) is 13.3. The number of aryl methyl sites for hydroxylation is 1. The van der Waals surface area contributed by atoms with E-state index in [4.69, 9.17) is 11.6 Å². The Labute approximate surface area is 130 Å². The van der Waals surface area contributed by atoms with Crippen molar-refractivity contribution < 1.29 is 4.79 Å². The third kappa shape index (κ3) is 3.61. The molecule has 1 aromatic carbocycles. The molecule has 0 aliphatic heterocycles. The highest BCUT2D eigenvalue weighted by molar-refractivity contribution is 6.48. The Balaban J connectivity index is 2.32. The van der Waals surface area contributed by atoms with Gasteiger partial charge in [-0.25, -0.2) is 4.99 Å². The van der Waals surface area contributed by atoms with Crippen LogP contribution in [0.25, 0.3) is 0 Å². The largest absolute Gasteiger partial charge is 0.372 e. The second kappa shape index (κ2) is 6.72. The molecule has 1 aliphatic carbocycles. The monoisotopic (exact) mass is 302 g/mol. The van der Waals surface area contributed by atoms with Gasteiger partial charge in [0.2, 0.25) is 0 Å². The molecule has 3 nitrogen and oxygen atoms in total. The summed E-state index contributed by atoms with van der Waals surface area (Å²) in [4.78, 5) is 18.0. The summed E-state index contributed by atoms with van der Waals surface area (Å²) >= 11 is 6.06. The summed E-state index contributed by atoms with van der Waals surface area (Å²) in [5.41, 5.74) is 3.76. The Bertz CT molecular complexity index is 640. The number of anilines is 1. The van der Waals surface area contributed by atoms with Crippen molar-refractivity contribution >= 4 is 34.5 Å². The Kier molecular flexibility index (Phi) is 4.97. The van der Waals surface area contributed by atoms with Crippen LogP contribution in [-0.2, 0) is 4.79 Å². The minimum Gasteiger partial charge on any atom is -0.372 e. The molecule has 4 heteroatoms. The summed E-state index contributed by atoms with van der Waals surface area (Å²) < 4.78 is 0. The molecule has 0 amide bonds. The second-order valence-corrected chi connectivity index (χ2v) is 5.28. The second-order valence-electron chi connectivity index (χ2n) is 4.87. The number of aliphatic imine (C=N–C) groups is 1. The van der Waals surface area contributed by atoms with Crippen LogP contribution in [-0.4, -0.2) is 24.6 Å². The average Bonchev–Trinajstić information content (AvgIpc) is 2.45. The van der Waals surface area contributed by atoms with Crippen molar-refractivity contribution in [2.24, 2.45) is 4.99 Å². The lowest BCUT2D eigenvalue weighted by Crippen LogP contribution is -2.21. The van der Waals surface area contributed by atoms with E-state index in [0.717, 1.165) is 24.3 Å². The molecule has 1 aliphatic rings. The quantitative estimate of drug-likeness (QED) is 0.782. The molecule has 2 rings (SSSR count). The zero-order valence-electron chi connectivity index (χ0n) is 12.6. The first kappa shape index (κ1) is 15.5. The number of allylic oxidation sites excluding steroid dienone is 4. The number of ketones is 1. The molecule has 110 valence electrons. The molecule has 0 saturated carbocycles. The number of halogens is 1. The van der Waals surface area contributed by atoms with Gasteiger partial charge in [-0.1, -0.05) is 11.6 Å². The van der Waals surface area contributed by atoms with Gasteiger partial charge in [-0.15, -0.1) is 0 Å². The van der Waals surface area contributed by atoms with Crippen LogP contribution < -0.4 is 4.90 Å². The summed E-state index contributed by atoms with van der Waals surface area (Å²) in [6, 6.07) is 6.18. The lowest BCUT2D eigenvalue weighted by atomic mass is 10.1. The molecule has 0 spiro atoms. The zero-order chi connectivity index (χ0) is 15.4.